The molecule has 0 aliphatic rings. The smallest absolute Gasteiger partial charge is 0.237 e. The fourth-order valence-electron chi connectivity index (χ4n) is 0.564. The fraction of sp³-hybridized carbons (Fsp3) is 0.200. The van der Waals surface area contributed by atoms with Gasteiger partial charge in [-0.25, -0.2) is 0 Å². The molecule has 50 valence electrons. The largest absolute Gasteiger partial charge is 0.503 e. The Morgan fingerprint density at radius 1 is 1.33 bits per heavy atom. The zero-order valence-corrected chi connectivity index (χ0v) is 4.87. The van der Waals surface area contributed by atoms with Crippen LogP contribution in [0.1, 0.15) is 0 Å². The molecule has 0 aliphatic carbocycles. The third-order valence-electron chi connectivity index (χ3n) is 1.16. The van der Waals surface area contributed by atoms with Crippen LogP contribution in [0.25, 0.3) is 0 Å². The third-order valence-corrected chi connectivity index (χ3v) is 1.16. The minimum atomic E-state index is -0.326. The van der Waals surface area contributed by atoms with Gasteiger partial charge in [-0.05, 0) is 0 Å². The van der Waals surface area contributed by atoms with Crippen molar-refractivity contribution < 1.29 is 15.3 Å². The number of hydrogen-bond donors (Lipinski definition) is 3. The van der Waals surface area contributed by atoms with E-state index in [0.717, 1.165) is 10.6 Å². The summed E-state index contributed by atoms with van der Waals surface area (Å²) in [4.78, 5) is 0. The van der Waals surface area contributed by atoms with Gasteiger partial charge in [-0.15, -0.1) is 0 Å². The molecule has 4 heteroatoms. The van der Waals surface area contributed by atoms with Gasteiger partial charge in [0.1, 0.15) is 0 Å². The summed E-state index contributed by atoms with van der Waals surface area (Å²) in [6, 6.07) is 1.06. The Hall–Kier alpha value is -1.32. The van der Waals surface area contributed by atoms with Gasteiger partial charge in [-0.1, -0.05) is 0 Å². The van der Waals surface area contributed by atoms with Crippen LogP contribution in [0, 0.1) is 0 Å². The van der Waals surface area contributed by atoms with E-state index >= 15 is 0 Å². The van der Waals surface area contributed by atoms with E-state index in [1.807, 2.05) is 0 Å². The number of nitrogens with zero attached hydrogens (tertiary/aromatic N) is 1. The van der Waals surface area contributed by atoms with Crippen molar-refractivity contribution in [2.75, 3.05) is 0 Å². The molecule has 0 saturated heterocycles. The Morgan fingerprint density at radius 3 is 2.00 bits per heavy atom. The monoisotopic (exact) mass is 129 g/mol. The highest BCUT2D eigenvalue weighted by atomic mass is 16.3. The predicted molar refractivity (Wildman–Crippen MR) is 30.4 cm³/mol. The van der Waals surface area contributed by atoms with E-state index in [1.165, 1.54) is 7.05 Å². The van der Waals surface area contributed by atoms with Crippen LogP contribution >= 0.6 is 0 Å². The maximum absolute atomic E-state index is 8.78. The number of hydrogen-bond acceptors (Lipinski definition) is 3. The highest BCUT2D eigenvalue weighted by Gasteiger charge is 2.07. The average Bonchev–Trinajstić information content (AvgIpc) is 1.98. The van der Waals surface area contributed by atoms with Crippen LogP contribution in [0.3, 0.4) is 0 Å². The molecule has 1 heterocycles. The lowest BCUT2D eigenvalue weighted by molar-refractivity contribution is 0.366. The van der Waals surface area contributed by atoms with Crippen molar-refractivity contribution in [2.45, 2.75) is 0 Å². The molecule has 0 bridgehead atoms. The molecule has 0 aromatic carbocycles. The van der Waals surface area contributed by atoms with Crippen LogP contribution in [-0.2, 0) is 7.05 Å². The second-order valence-corrected chi connectivity index (χ2v) is 1.77. The van der Waals surface area contributed by atoms with Gasteiger partial charge in [0, 0.05) is 13.1 Å². The van der Waals surface area contributed by atoms with Crippen molar-refractivity contribution in [2.24, 2.45) is 7.05 Å². The van der Waals surface area contributed by atoms with Crippen LogP contribution in [-0.4, -0.2) is 19.9 Å². The summed E-state index contributed by atoms with van der Waals surface area (Å²) >= 11 is 0. The Kier molecular flexibility index (Phi) is 1.02. The first-order valence-corrected chi connectivity index (χ1v) is 2.39. The molecule has 1 aromatic heterocycles. The molecular formula is C5H7NO3. The molecule has 0 aliphatic heterocycles. The fourth-order valence-corrected chi connectivity index (χ4v) is 0.564. The standard InChI is InChI=1S/C5H7NO3/c1-6-4(8)2-3(7)5(6)9/h2,7-9H,1H3. The lowest BCUT2D eigenvalue weighted by Crippen LogP contribution is -1.83. The molecule has 0 atom stereocenters. The van der Waals surface area contributed by atoms with E-state index in [1.54, 1.807) is 0 Å². The SMILES string of the molecule is Cn1c(O)cc(O)c1O. The van der Waals surface area contributed by atoms with Gasteiger partial charge < -0.3 is 15.3 Å². The van der Waals surface area contributed by atoms with Crippen molar-refractivity contribution in [3.05, 3.63) is 6.07 Å². The van der Waals surface area contributed by atoms with E-state index < -0.39 is 0 Å². The maximum atomic E-state index is 8.78. The van der Waals surface area contributed by atoms with Crippen LogP contribution in [0.2, 0.25) is 0 Å². The summed E-state index contributed by atoms with van der Waals surface area (Å²) in [6.07, 6.45) is 0. The van der Waals surface area contributed by atoms with Gasteiger partial charge >= 0.3 is 0 Å². The second-order valence-electron chi connectivity index (χ2n) is 1.77. The van der Waals surface area contributed by atoms with E-state index in [-0.39, 0.29) is 17.5 Å². The first-order chi connectivity index (χ1) is 4.13. The molecule has 9 heavy (non-hydrogen) atoms. The molecule has 0 fully saturated rings. The van der Waals surface area contributed by atoms with Gasteiger partial charge in [-0.3, -0.25) is 4.57 Å². The van der Waals surface area contributed by atoms with Gasteiger partial charge in [0.05, 0.1) is 0 Å². The van der Waals surface area contributed by atoms with Gasteiger partial charge in [0.15, 0.2) is 11.6 Å². The third kappa shape index (κ3) is 0.679. The Balaban J connectivity index is 3.29. The molecule has 3 N–H and O–H groups in total. The number of rotatable bonds is 0. The summed E-state index contributed by atoms with van der Waals surface area (Å²) in [5.74, 6) is -0.799. The first kappa shape index (κ1) is 5.81. The molecule has 0 spiro atoms. The maximum Gasteiger partial charge on any atom is 0.237 e. The molecule has 4 nitrogen and oxygen atoms in total. The molecular weight excluding hydrogens is 122 g/mol. The number of aromatic nitrogens is 1. The van der Waals surface area contributed by atoms with Crippen LogP contribution < -0.4 is 0 Å². The normalized spacial score (nSPS) is 9.89. The predicted octanol–water partition coefficient (Wildman–Crippen LogP) is 0.142. The molecule has 0 radical (unpaired) electrons. The Morgan fingerprint density at radius 2 is 1.89 bits per heavy atom. The van der Waals surface area contributed by atoms with Crippen molar-refractivity contribution in [1.29, 1.82) is 0 Å². The van der Waals surface area contributed by atoms with Crippen LogP contribution in [0.5, 0.6) is 17.5 Å². The van der Waals surface area contributed by atoms with E-state index in [9.17, 15) is 0 Å². The van der Waals surface area contributed by atoms with Gasteiger partial charge in [0.2, 0.25) is 5.88 Å². The highest BCUT2D eigenvalue weighted by molar-refractivity contribution is 5.39. The van der Waals surface area contributed by atoms with Crippen LogP contribution in [0.4, 0.5) is 0 Å². The lowest BCUT2D eigenvalue weighted by atomic mass is 10.6. The zero-order valence-electron chi connectivity index (χ0n) is 4.87. The lowest BCUT2D eigenvalue weighted by Gasteiger charge is -1.93. The molecule has 0 unspecified atom stereocenters. The van der Waals surface area contributed by atoms with E-state index in [0.29, 0.717) is 0 Å². The van der Waals surface area contributed by atoms with Crippen molar-refractivity contribution in [3.63, 3.8) is 0 Å². The van der Waals surface area contributed by atoms with Crippen molar-refractivity contribution in [3.8, 4) is 17.5 Å². The number of aromatic hydroxyl groups is 3. The minimum absolute atomic E-state index is 0.162. The first-order valence-electron chi connectivity index (χ1n) is 2.39. The summed E-state index contributed by atoms with van der Waals surface area (Å²) in [5.41, 5.74) is 0. The van der Waals surface area contributed by atoms with Crippen molar-refractivity contribution in [1.82, 2.24) is 4.57 Å². The van der Waals surface area contributed by atoms with E-state index in [2.05, 4.69) is 0 Å². The summed E-state index contributed by atoms with van der Waals surface area (Å²) < 4.78 is 1.06. The Bertz CT molecular complexity index is 206. The highest BCUT2D eigenvalue weighted by Crippen LogP contribution is 2.30. The van der Waals surface area contributed by atoms with Gasteiger partial charge in [0.25, 0.3) is 0 Å². The molecule has 1 aromatic rings. The quantitative estimate of drug-likeness (QED) is 0.467. The minimum Gasteiger partial charge on any atom is -0.503 e. The summed E-state index contributed by atoms with van der Waals surface area (Å²) in [7, 11) is 1.43. The zero-order chi connectivity index (χ0) is 7.02. The summed E-state index contributed by atoms with van der Waals surface area (Å²) in [6.45, 7) is 0. The molecule has 0 saturated carbocycles. The van der Waals surface area contributed by atoms with Crippen LogP contribution in [0.15, 0.2) is 6.07 Å². The van der Waals surface area contributed by atoms with Crippen molar-refractivity contribution >= 4 is 0 Å². The van der Waals surface area contributed by atoms with E-state index in [4.69, 9.17) is 15.3 Å². The molecule has 1 rings (SSSR count). The topological polar surface area (TPSA) is 65.6 Å². The average molecular weight is 129 g/mol. The second kappa shape index (κ2) is 1.58. The van der Waals surface area contributed by atoms with Gasteiger partial charge in [-0.2, -0.15) is 0 Å². The summed E-state index contributed by atoms with van der Waals surface area (Å²) in [5, 5.41) is 26.2. The Labute approximate surface area is 51.6 Å². The molecule has 0 amide bonds.